The van der Waals surface area contributed by atoms with Gasteiger partial charge in [0.25, 0.3) is 0 Å². The highest BCUT2D eigenvalue weighted by atomic mass is 19.4. The van der Waals surface area contributed by atoms with E-state index in [4.69, 9.17) is 19.8 Å². The zero-order valence-electron chi connectivity index (χ0n) is 22.7. The zero-order chi connectivity index (χ0) is 31.7. The van der Waals surface area contributed by atoms with Crippen LogP contribution < -0.4 is 15.0 Å². The van der Waals surface area contributed by atoms with Crippen LogP contribution in [0.3, 0.4) is 0 Å². The Morgan fingerprint density at radius 1 is 1.05 bits per heavy atom. The summed E-state index contributed by atoms with van der Waals surface area (Å²) in [6.07, 6.45) is 0.892. The third kappa shape index (κ3) is 6.82. The maximum Gasteiger partial charge on any atom is 0.490 e. The molecule has 9 nitrogen and oxygen atoms in total. The van der Waals surface area contributed by atoms with Crippen molar-refractivity contribution in [1.82, 2.24) is 14.7 Å². The number of rotatable bonds is 3. The van der Waals surface area contributed by atoms with Gasteiger partial charge in [-0.25, -0.2) is 4.79 Å². The number of nitrogens with zero attached hydrogens (tertiary/aromatic N) is 3. The first-order valence-electron chi connectivity index (χ1n) is 12.6. The van der Waals surface area contributed by atoms with Crippen molar-refractivity contribution in [2.75, 3.05) is 0 Å². The summed E-state index contributed by atoms with van der Waals surface area (Å²) < 4.78 is 67.2. The van der Waals surface area contributed by atoms with Gasteiger partial charge in [-0.05, 0) is 48.1 Å². The maximum absolute atomic E-state index is 13.6. The number of carbonyl (C=O) groups is 3. The molecule has 2 N–H and O–H groups in total. The number of hydrogen-bond acceptors (Lipinski definition) is 5. The summed E-state index contributed by atoms with van der Waals surface area (Å²) in [5.41, 5.74) is 2.24. The van der Waals surface area contributed by atoms with Gasteiger partial charge in [0.05, 0.1) is 6.20 Å². The number of fused-ring (bicyclic) bond motifs is 3. The fourth-order valence-electron chi connectivity index (χ4n) is 5.84. The van der Waals surface area contributed by atoms with Gasteiger partial charge in [0.1, 0.15) is 17.9 Å². The number of nitrogens with one attached hydrogen (secondary N) is 1. The molecule has 3 heterocycles. The Morgan fingerprint density at radius 2 is 1.62 bits per heavy atom. The summed E-state index contributed by atoms with van der Waals surface area (Å²) in [4.78, 5) is 35.4. The normalized spacial score (nSPS) is 22.4. The zero-order valence-corrected chi connectivity index (χ0v) is 22.7. The Morgan fingerprint density at radius 3 is 2.10 bits per heavy atom. The number of carboxylic acid groups (broad SMARTS) is 2. The van der Waals surface area contributed by atoms with Crippen LogP contribution in [0.15, 0.2) is 55.1 Å². The second-order valence-electron chi connectivity index (χ2n) is 10.9. The number of imidazole rings is 1. The number of halogens is 6. The molecule has 1 amide bonds. The SMILES string of the molecule is CC1(C)[C@@H]2CC[C@@](C)(C2)[C@H]1NC(=O)c1n2ccccc2c[n+]1-c1ccncc1.O=C(O)C(F)(F)F.O=C([O-])C(F)(F)F. The van der Waals surface area contributed by atoms with Crippen molar-refractivity contribution in [1.29, 1.82) is 0 Å². The largest absolute Gasteiger partial charge is 0.542 e. The van der Waals surface area contributed by atoms with Crippen molar-refractivity contribution in [3.63, 3.8) is 0 Å². The highest BCUT2D eigenvalue weighted by molar-refractivity contribution is 5.91. The van der Waals surface area contributed by atoms with Crippen LogP contribution in [0.1, 0.15) is 50.7 Å². The molecule has 3 aromatic rings. The molecule has 0 unspecified atom stereocenters. The third-order valence-corrected chi connectivity index (χ3v) is 7.77. The summed E-state index contributed by atoms with van der Waals surface area (Å²) in [7, 11) is 0. The predicted octanol–water partition coefficient (Wildman–Crippen LogP) is 3.49. The van der Waals surface area contributed by atoms with E-state index in [1.807, 2.05) is 51.7 Å². The molecule has 3 aromatic heterocycles. The summed E-state index contributed by atoms with van der Waals surface area (Å²) in [5, 5.41) is 19.4. The molecule has 15 heteroatoms. The van der Waals surface area contributed by atoms with Crippen molar-refractivity contribution >= 4 is 23.4 Å². The topological polar surface area (TPSA) is 128 Å². The number of alkyl halides is 6. The van der Waals surface area contributed by atoms with E-state index in [1.54, 1.807) is 12.4 Å². The van der Waals surface area contributed by atoms with E-state index in [9.17, 15) is 31.1 Å². The van der Waals surface area contributed by atoms with Crippen LogP contribution >= 0.6 is 0 Å². The first-order chi connectivity index (χ1) is 19.3. The second kappa shape index (κ2) is 11.6. The molecule has 0 spiro atoms. The number of aromatic nitrogens is 3. The molecule has 0 aliphatic heterocycles. The number of carboxylic acids is 2. The van der Waals surface area contributed by atoms with Gasteiger partial charge < -0.3 is 20.3 Å². The Hall–Kier alpha value is -4.17. The second-order valence-corrected chi connectivity index (χ2v) is 10.9. The average molecular weight is 603 g/mol. The highest BCUT2D eigenvalue weighted by Crippen LogP contribution is 2.62. The number of carbonyl (C=O) groups excluding carboxylic acids is 2. The standard InChI is InChI=1S/C23H26N4O.2C2HF3O2/c1-22(2)16-7-10-23(3,14-16)21(22)25-19(28)20-26-13-5-4-6-18(26)15-27(20)17-8-11-24-12-9-17;2*3-2(4,5)1(6)7/h4-6,8-9,11-13,15-16,21H,7,10,14H2,1-3H3;2*(H,6,7)/t16-,21+,23+;;/m1../s1. The Balaban J connectivity index is 0.000000289. The summed E-state index contributed by atoms with van der Waals surface area (Å²) in [5.74, 6) is -4.46. The molecule has 2 fully saturated rings. The molecule has 2 saturated carbocycles. The fourth-order valence-corrected chi connectivity index (χ4v) is 5.84. The van der Waals surface area contributed by atoms with E-state index >= 15 is 0 Å². The number of pyridine rings is 2. The Labute approximate surface area is 235 Å². The average Bonchev–Trinajstić information content (AvgIpc) is 3.53. The van der Waals surface area contributed by atoms with Crippen LogP contribution in [0.25, 0.3) is 11.2 Å². The summed E-state index contributed by atoms with van der Waals surface area (Å²) in [6.45, 7) is 6.99. The van der Waals surface area contributed by atoms with Gasteiger partial charge in [-0.1, -0.05) is 26.8 Å². The highest BCUT2D eigenvalue weighted by Gasteiger charge is 2.60. The lowest BCUT2D eigenvalue weighted by atomic mass is 9.68. The van der Waals surface area contributed by atoms with E-state index in [1.165, 1.54) is 19.3 Å². The molecule has 3 atom stereocenters. The number of hydrogen-bond donors (Lipinski definition) is 2. The Kier molecular flexibility index (Phi) is 8.94. The smallest absolute Gasteiger partial charge is 0.490 e. The molecule has 42 heavy (non-hydrogen) atoms. The fraction of sp³-hybridized carbons (Fsp3) is 0.444. The minimum Gasteiger partial charge on any atom is -0.542 e. The van der Waals surface area contributed by atoms with Gasteiger partial charge in [0.15, 0.2) is 5.52 Å². The lowest BCUT2D eigenvalue weighted by Gasteiger charge is -2.42. The van der Waals surface area contributed by atoms with Gasteiger partial charge in [-0.2, -0.15) is 35.3 Å². The monoisotopic (exact) mass is 602 g/mol. The predicted molar refractivity (Wildman–Crippen MR) is 132 cm³/mol. The van der Waals surface area contributed by atoms with Crippen LogP contribution in [-0.2, 0) is 9.59 Å². The molecule has 2 aliphatic rings. The summed E-state index contributed by atoms with van der Waals surface area (Å²) in [6, 6.07) is 10.0. The van der Waals surface area contributed by atoms with E-state index in [0.717, 1.165) is 11.2 Å². The van der Waals surface area contributed by atoms with Crippen molar-refractivity contribution in [2.45, 2.75) is 58.4 Å². The maximum atomic E-state index is 13.6. The van der Waals surface area contributed by atoms with Gasteiger partial charge in [-0.3, -0.25) is 9.78 Å². The first kappa shape index (κ1) is 32.3. The van der Waals surface area contributed by atoms with Crippen LogP contribution in [0, 0.1) is 16.7 Å². The minimum atomic E-state index is -5.19. The number of amides is 1. The van der Waals surface area contributed by atoms with Crippen molar-refractivity contribution in [2.24, 2.45) is 16.7 Å². The quantitative estimate of drug-likeness (QED) is 0.349. The van der Waals surface area contributed by atoms with Gasteiger partial charge in [-0.15, -0.1) is 0 Å². The Bertz CT molecular complexity index is 1430. The van der Waals surface area contributed by atoms with Crippen LogP contribution in [0.2, 0.25) is 0 Å². The first-order valence-corrected chi connectivity index (χ1v) is 12.6. The van der Waals surface area contributed by atoms with Crippen LogP contribution in [-0.4, -0.2) is 50.7 Å². The van der Waals surface area contributed by atoms with E-state index in [2.05, 4.69) is 31.1 Å². The molecule has 0 saturated heterocycles. The molecular weight excluding hydrogens is 574 g/mol. The van der Waals surface area contributed by atoms with Crippen molar-refractivity contribution in [3.05, 3.63) is 60.9 Å². The molecule has 0 aromatic carbocycles. The lowest BCUT2D eigenvalue weighted by Crippen LogP contribution is -2.54. The molecule has 2 bridgehead atoms. The van der Waals surface area contributed by atoms with Crippen molar-refractivity contribution in [3.8, 4) is 5.69 Å². The summed E-state index contributed by atoms with van der Waals surface area (Å²) >= 11 is 0. The molecule has 2 aliphatic carbocycles. The van der Waals surface area contributed by atoms with E-state index < -0.39 is 24.3 Å². The third-order valence-electron chi connectivity index (χ3n) is 7.77. The van der Waals surface area contributed by atoms with Crippen molar-refractivity contribution < 1.29 is 55.5 Å². The van der Waals surface area contributed by atoms with Gasteiger partial charge >= 0.3 is 30.1 Å². The van der Waals surface area contributed by atoms with Gasteiger partial charge in [0.2, 0.25) is 0 Å². The lowest BCUT2D eigenvalue weighted by molar-refractivity contribution is -0.596. The molecule has 5 rings (SSSR count). The van der Waals surface area contributed by atoms with E-state index in [-0.39, 0.29) is 22.8 Å². The van der Waals surface area contributed by atoms with E-state index in [0.29, 0.717) is 11.7 Å². The molecule has 0 radical (unpaired) electrons. The molecular formula is C27H28F6N4O5. The molecule has 228 valence electrons. The minimum absolute atomic E-state index is 0.0186. The van der Waals surface area contributed by atoms with Gasteiger partial charge in [0, 0.05) is 30.6 Å². The van der Waals surface area contributed by atoms with Crippen LogP contribution in [0.4, 0.5) is 26.3 Å². The van der Waals surface area contributed by atoms with Crippen LogP contribution in [0.5, 0.6) is 0 Å². The number of aliphatic carboxylic acids is 2.